The lowest BCUT2D eigenvalue weighted by molar-refractivity contribution is -0.0939. The van der Waals surface area contributed by atoms with Crippen LogP contribution >= 0.6 is 0 Å². The molecule has 2 aliphatic rings. The lowest BCUT2D eigenvalue weighted by atomic mass is 10.0. The minimum Gasteiger partial charge on any atom is -0.373 e. The van der Waals surface area contributed by atoms with Crippen molar-refractivity contribution in [3.63, 3.8) is 0 Å². The zero-order valence-corrected chi connectivity index (χ0v) is 17.6. The van der Waals surface area contributed by atoms with Gasteiger partial charge in [0.2, 0.25) is 0 Å². The predicted octanol–water partition coefficient (Wildman–Crippen LogP) is 2.15. The van der Waals surface area contributed by atoms with Crippen LogP contribution in [-0.4, -0.2) is 79.3 Å². The van der Waals surface area contributed by atoms with Crippen molar-refractivity contribution in [1.82, 2.24) is 9.80 Å². The summed E-state index contributed by atoms with van der Waals surface area (Å²) in [5.74, 6) is 0.409. The number of nitrogens with two attached hydrogens (primary N) is 1. The third-order valence-electron chi connectivity index (χ3n) is 5.70. The topological polar surface area (TPSA) is 57.3 Å². The molecule has 28 heavy (non-hydrogen) atoms. The molecule has 2 atom stereocenters. The predicted molar refractivity (Wildman–Crippen MR) is 112 cm³/mol. The number of aliphatic imine (C=N–C) groups is 1. The van der Waals surface area contributed by atoms with E-state index in [2.05, 4.69) is 42.4 Å². The van der Waals surface area contributed by atoms with E-state index in [9.17, 15) is 4.39 Å². The highest BCUT2D eigenvalue weighted by molar-refractivity contribution is 5.78. The van der Waals surface area contributed by atoms with E-state index in [0.29, 0.717) is 12.5 Å². The molecule has 1 aromatic carbocycles. The molecule has 0 bridgehead atoms. The standard InChI is InChI=1S/C21H34FN5O/c1-16-13-27(14-17(2)28-16)21(3,4)15-24-20(23)26-11-9-25(10-12-26)19-7-5-18(22)6-8-19/h5-8,16-17H,9-15H2,1-4H3,(H2,23,24). The van der Waals surface area contributed by atoms with E-state index < -0.39 is 0 Å². The van der Waals surface area contributed by atoms with Gasteiger partial charge in [-0.05, 0) is 52.0 Å². The van der Waals surface area contributed by atoms with Gasteiger partial charge in [0.25, 0.3) is 0 Å². The maximum absolute atomic E-state index is 13.1. The minimum absolute atomic E-state index is 0.0626. The van der Waals surface area contributed by atoms with Crippen molar-refractivity contribution in [1.29, 1.82) is 0 Å². The van der Waals surface area contributed by atoms with E-state index in [1.54, 1.807) is 0 Å². The van der Waals surface area contributed by atoms with Crippen molar-refractivity contribution in [3.05, 3.63) is 30.1 Å². The van der Waals surface area contributed by atoms with Gasteiger partial charge in [0.1, 0.15) is 5.82 Å². The third-order valence-corrected chi connectivity index (χ3v) is 5.70. The summed E-state index contributed by atoms with van der Waals surface area (Å²) < 4.78 is 19.0. The Morgan fingerprint density at radius 3 is 2.25 bits per heavy atom. The lowest BCUT2D eigenvalue weighted by Gasteiger charge is -2.44. The SMILES string of the molecule is CC1CN(C(C)(C)CN=C(N)N2CCN(c3ccc(F)cc3)CC2)CC(C)O1. The number of anilines is 1. The fourth-order valence-electron chi connectivity index (χ4n) is 3.99. The molecule has 2 saturated heterocycles. The highest BCUT2D eigenvalue weighted by atomic mass is 19.1. The van der Waals surface area contributed by atoms with E-state index in [-0.39, 0.29) is 23.6 Å². The first-order valence-electron chi connectivity index (χ1n) is 10.2. The number of rotatable bonds is 4. The van der Waals surface area contributed by atoms with Gasteiger partial charge in [0.15, 0.2) is 5.96 Å². The maximum atomic E-state index is 13.1. The van der Waals surface area contributed by atoms with Crippen LogP contribution in [0.4, 0.5) is 10.1 Å². The van der Waals surface area contributed by atoms with Crippen molar-refractivity contribution in [2.75, 3.05) is 50.7 Å². The van der Waals surface area contributed by atoms with Crippen LogP contribution in [0.1, 0.15) is 27.7 Å². The summed E-state index contributed by atoms with van der Waals surface area (Å²) in [6.45, 7) is 14.5. The number of benzene rings is 1. The molecule has 2 unspecified atom stereocenters. The summed E-state index contributed by atoms with van der Waals surface area (Å²) in [5.41, 5.74) is 7.30. The van der Waals surface area contributed by atoms with E-state index >= 15 is 0 Å². The number of morpholine rings is 1. The molecule has 2 fully saturated rings. The average Bonchev–Trinajstić information content (AvgIpc) is 2.66. The van der Waals surface area contributed by atoms with Crippen molar-refractivity contribution >= 4 is 11.6 Å². The summed E-state index contributed by atoms with van der Waals surface area (Å²) in [6.07, 6.45) is 0.479. The molecule has 0 spiro atoms. The summed E-state index contributed by atoms with van der Waals surface area (Å²) in [6, 6.07) is 6.67. The molecule has 0 aromatic heterocycles. The van der Waals surface area contributed by atoms with Gasteiger partial charge < -0.3 is 20.3 Å². The summed E-state index contributed by atoms with van der Waals surface area (Å²) in [5, 5.41) is 0. The van der Waals surface area contributed by atoms with Crippen molar-refractivity contribution in [2.24, 2.45) is 10.7 Å². The van der Waals surface area contributed by atoms with Crippen LogP contribution < -0.4 is 10.6 Å². The normalized spacial score (nSPS) is 25.2. The molecule has 0 aliphatic carbocycles. The van der Waals surface area contributed by atoms with E-state index in [1.807, 2.05) is 12.1 Å². The number of nitrogens with zero attached hydrogens (tertiary/aromatic N) is 4. The molecule has 156 valence electrons. The molecular formula is C21H34FN5O. The van der Waals surface area contributed by atoms with Crippen LogP contribution in [0.3, 0.4) is 0 Å². The quantitative estimate of drug-likeness (QED) is 0.630. The van der Waals surface area contributed by atoms with Crippen molar-refractivity contribution < 1.29 is 9.13 Å². The second-order valence-electron chi connectivity index (χ2n) is 8.60. The van der Waals surface area contributed by atoms with Crippen molar-refractivity contribution in [2.45, 2.75) is 45.4 Å². The van der Waals surface area contributed by atoms with E-state index in [1.165, 1.54) is 12.1 Å². The van der Waals surface area contributed by atoms with E-state index in [0.717, 1.165) is 45.0 Å². The number of piperazine rings is 1. The summed E-state index contributed by atoms with van der Waals surface area (Å²) >= 11 is 0. The first-order chi connectivity index (χ1) is 13.2. The van der Waals surface area contributed by atoms with Gasteiger partial charge in [-0.2, -0.15) is 0 Å². The number of guanidine groups is 1. The van der Waals surface area contributed by atoms with Gasteiger partial charge in [-0.3, -0.25) is 9.89 Å². The van der Waals surface area contributed by atoms with E-state index in [4.69, 9.17) is 15.5 Å². The van der Waals surface area contributed by atoms with Gasteiger partial charge in [-0.25, -0.2) is 4.39 Å². The van der Waals surface area contributed by atoms with Crippen LogP contribution in [0.2, 0.25) is 0 Å². The zero-order valence-electron chi connectivity index (χ0n) is 17.6. The number of hydrogen-bond donors (Lipinski definition) is 1. The number of ether oxygens (including phenoxy) is 1. The molecule has 7 heteroatoms. The number of halogens is 1. The highest BCUT2D eigenvalue weighted by Crippen LogP contribution is 2.22. The van der Waals surface area contributed by atoms with Gasteiger partial charge in [-0.15, -0.1) is 0 Å². The largest absolute Gasteiger partial charge is 0.373 e. The molecule has 0 radical (unpaired) electrons. The Morgan fingerprint density at radius 1 is 1.11 bits per heavy atom. The number of hydrogen-bond acceptors (Lipinski definition) is 4. The first-order valence-corrected chi connectivity index (χ1v) is 10.2. The Bertz CT molecular complexity index is 660. The fraction of sp³-hybridized carbons (Fsp3) is 0.667. The second kappa shape index (κ2) is 8.66. The van der Waals surface area contributed by atoms with Crippen LogP contribution in [0.15, 0.2) is 29.3 Å². The molecule has 3 rings (SSSR count). The molecule has 2 heterocycles. The Morgan fingerprint density at radius 2 is 1.68 bits per heavy atom. The van der Waals surface area contributed by atoms with Gasteiger partial charge >= 0.3 is 0 Å². The first kappa shape index (κ1) is 20.9. The van der Waals surface area contributed by atoms with Crippen LogP contribution in [0.25, 0.3) is 0 Å². The Balaban J connectivity index is 1.53. The Kier molecular flexibility index (Phi) is 6.45. The Hall–Kier alpha value is -1.86. The summed E-state index contributed by atoms with van der Waals surface area (Å²) in [7, 11) is 0. The monoisotopic (exact) mass is 391 g/mol. The molecule has 6 nitrogen and oxygen atoms in total. The second-order valence-corrected chi connectivity index (χ2v) is 8.60. The van der Waals surface area contributed by atoms with Gasteiger partial charge in [0, 0.05) is 50.5 Å². The summed E-state index contributed by atoms with van der Waals surface area (Å²) in [4.78, 5) is 11.6. The molecular weight excluding hydrogens is 357 g/mol. The average molecular weight is 392 g/mol. The molecule has 0 saturated carbocycles. The Labute approximate surface area is 168 Å². The van der Waals surface area contributed by atoms with Gasteiger partial charge in [0.05, 0.1) is 18.8 Å². The van der Waals surface area contributed by atoms with Crippen LogP contribution in [0.5, 0.6) is 0 Å². The molecule has 2 N–H and O–H groups in total. The smallest absolute Gasteiger partial charge is 0.191 e. The molecule has 1 aromatic rings. The van der Waals surface area contributed by atoms with Gasteiger partial charge in [-0.1, -0.05) is 0 Å². The fourth-order valence-corrected chi connectivity index (χ4v) is 3.99. The van der Waals surface area contributed by atoms with Crippen LogP contribution in [-0.2, 0) is 4.74 Å². The maximum Gasteiger partial charge on any atom is 0.191 e. The minimum atomic E-state index is -0.203. The molecule has 0 amide bonds. The highest BCUT2D eigenvalue weighted by Gasteiger charge is 2.33. The van der Waals surface area contributed by atoms with Crippen LogP contribution in [0, 0.1) is 5.82 Å². The third kappa shape index (κ3) is 5.14. The molecule has 2 aliphatic heterocycles. The zero-order chi connectivity index (χ0) is 20.3. The lowest BCUT2D eigenvalue weighted by Crippen LogP contribution is -2.56. The van der Waals surface area contributed by atoms with Crippen molar-refractivity contribution in [3.8, 4) is 0 Å².